The zero-order chi connectivity index (χ0) is 16.9. The monoisotopic (exact) mass is 322 g/mol. The summed E-state index contributed by atoms with van der Waals surface area (Å²) in [4.78, 5) is 0. The third kappa shape index (κ3) is 5.36. The van der Waals surface area contributed by atoms with E-state index in [-0.39, 0.29) is 11.7 Å². The lowest BCUT2D eigenvalue weighted by atomic mass is 9.77. The fraction of sp³-hybridized carbons (Fsp3) is 0.800. The molecule has 1 atom stereocenters. The van der Waals surface area contributed by atoms with Gasteiger partial charge in [0, 0.05) is 18.3 Å². The summed E-state index contributed by atoms with van der Waals surface area (Å²) in [6.07, 6.45) is 7.27. The zero-order valence-corrected chi connectivity index (χ0v) is 15.4. The Bertz CT molecular complexity index is 413. The smallest absolute Gasteiger partial charge is 0.157 e. The van der Waals surface area contributed by atoms with Gasteiger partial charge >= 0.3 is 0 Å². The van der Waals surface area contributed by atoms with Crippen LogP contribution in [0.15, 0.2) is 24.0 Å². The number of rotatable bonds is 7. The van der Waals surface area contributed by atoms with E-state index in [2.05, 4.69) is 34.3 Å². The van der Waals surface area contributed by atoms with Crippen molar-refractivity contribution in [3.63, 3.8) is 0 Å². The molecule has 132 valence electrons. The maximum atomic E-state index is 5.98. The molecule has 1 unspecified atom stereocenters. The average molecular weight is 322 g/mol. The molecule has 2 aliphatic rings. The molecule has 0 bridgehead atoms. The van der Waals surface area contributed by atoms with E-state index >= 15 is 0 Å². The van der Waals surface area contributed by atoms with Crippen molar-refractivity contribution in [1.82, 2.24) is 0 Å². The van der Waals surface area contributed by atoms with Gasteiger partial charge in [-0.15, -0.1) is 0 Å². The molecule has 0 amide bonds. The van der Waals surface area contributed by atoms with Crippen LogP contribution in [-0.2, 0) is 14.2 Å². The Balaban J connectivity index is 1.99. The van der Waals surface area contributed by atoms with E-state index in [4.69, 9.17) is 14.2 Å². The lowest BCUT2D eigenvalue weighted by Crippen LogP contribution is -2.37. The van der Waals surface area contributed by atoms with E-state index < -0.39 is 0 Å². The van der Waals surface area contributed by atoms with Crippen LogP contribution < -0.4 is 0 Å². The Labute approximate surface area is 142 Å². The van der Waals surface area contributed by atoms with Crippen molar-refractivity contribution in [2.75, 3.05) is 19.8 Å². The molecular formula is C20H34O3. The van der Waals surface area contributed by atoms with Gasteiger partial charge in [-0.2, -0.15) is 0 Å². The molecule has 0 spiro atoms. The van der Waals surface area contributed by atoms with Crippen molar-refractivity contribution in [2.45, 2.75) is 66.1 Å². The highest BCUT2D eigenvalue weighted by molar-refractivity contribution is 5.17. The van der Waals surface area contributed by atoms with Crippen LogP contribution in [0.4, 0.5) is 0 Å². The van der Waals surface area contributed by atoms with E-state index in [1.54, 1.807) is 0 Å². The predicted molar refractivity (Wildman–Crippen MR) is 94.1 cm³/mol. The van der Waals surface area contributed by atoms with Gasteiger partial charge in [0.15, 0.2) is 6.29 Å². The maximum Gasteiger partial charge on any atom is 0.157 e. The van der Waals surface area contributed by atoms with Gasteiger partial charge in [-0.25, -0.2) is 0 Å². The average Bonchev–Trinajstić information content (AvgIpc) is 2.52. The Hall–Kier alpha value is -0.800. The molecule has 0 saturated carbocycles. The van der Waals surface area contributed by atoms with Crippen molar-refractivity contribution in [3.05, 3.63) is 24.0 Å². The van der Waals surface area contributed by atoms with Gasteiger partial charge in [-0.05, 0) is 36.7 Å². The first-order chi connectivity index (χ1) is 10.9. The first kappa shape index (κ1) is 18.5. The number of hydrogen-bond donors (Lipinski definition) is 0. The summed E-state index contributed by atoms with van der Waals surface area (Å²) in [5, 5.41) is 0. The molecule has 3 heteroatoms. The molecule has 3 nitrogen and oxygen atoms in total. The highest BCUT2D eigenvalue weighted by Gasteiger charge is 2.31. The van der Waals surface area contributed by atoms with Crippen LogP contribution in [0.5, 0.6) is 0 Å². The van der Waals surface area contributed by atoms with Crippen LogP contribution in [0.2, 0.25) is 0 Å². The van der Waals surface area contributed by atoms with E-state index in [0.29, 0.717) is 18.4 Å². The van der Waals surface area contributed by atoms with Gasteiger partial charge in [-0.1, -0.05) is 40.3 Å². The zero-order valence-electron chi connectivity index (χ0n) is 15.4. The van der Waals surface area contributed by atoms with Gasteiger partial charge < -0.3 is 14.2 Å². The Kier molecular flexibility index (Phi) is 6.72. The number of hydrogen-bond acceptors (Lipinski definition) is 3. The van der Waals surface area contributed by atoms with Gasteiger partial charge in [0.1, 0.15) is 6.61 Å². The van der Waals surface area contributed by atoms with Crippen LogP contribution in [0.1, 0.15) is 59.8 Å². The molecule has 1 aliphatic heterocycles. The summed E-state index contributed by atoms with van der Waals surface area (Å²) in [5.74, 6) is 2.48. The molecule has 0 aromatic rings. The molecule has 0 aromatic heterocycles. The maximum absolute atomic E-state index is 5.98. The first-order valence-corrected chi connectivity index (χ1v) is 9.12. The van der Waals surface area contributed by atoms with Crippen molar-refractivity contribution < 1.29 is 14.2 Å². The van der Waals surface area contributed by atoms with Crippen LogP contribution in [0.25, 0.3) is 0 Å². The summed E-state index contributed by atoms with van der Waals surface area (Å²) < 4.78 is 17.8. The highest BCUT2D eigenvalue weighted by Crippen LogP contribution is 2.38. The molecule has 23 heavy (non-hydrogen) atoms. The SMILES string of the molecule is C=CCOC1=C(CCC2OCC(C)(C)CO2)C(C(C)C)CCC1. The lowest BCUT2D eigenvalue weighted by Gasteiger charge is -2.36. The molecule has 1 saturated heterocycles. The molecule has 2 rings (SSSR count). The fourth-order valence-corrected chi connectivity index (χ4v) is 3.58. The lowest BCUT2D eigenvalue weighted by molar-refractivity contribution is -0.223. The molecule has 0 aromatic carbocycles. The summed E-state index contributed by atoms with van der Waals surface area (Å²) in [7, 11) is 0. The van der Waals surface area contributed by atoms with Gasteiger partial charge in [0.2, 0.25) is 0 Å². The van der Waals surface area contributed by atoms with Crippen LogP contribution in [-0.4, -0.2) is 26.1 Å². The largest absolute Gasteiger partial charge is 0.494 e. The molecule has 1 fully saturated rings. The molecule has 0 N–H and O–H groups in total. The highest BCUT2D eigenvalue weighted by atomic mass is 16.7. The normalized spacial score (nSPS) is 25.7. The number of ether oxygens (including phenoxy) is 3. The summed E-state index contributed by atoms with van der Waals surface area (Å²) in [5.41, 5.74) is 1.63. The second-order valence-corrected chi connectivity index (χ2v) is 8.05. The second-order valence-electron chi connectivity index (χ2n) is 8.05. The van der Waals surface area contributed by atoms with Crippen molar-refractivity contribution in [3.8, 4) is 0 Å². The fourth-order valence-electron chi connectivity index (χ4n) is 3.58. The minimum absolute atomic E-state index is 0.0640. The van der Waals surface area contributed by atoms with Gasteiger partial charge in [0.25, 0.3) is 0 Å². The Morgan fingerprint density at radius 1 is 1.30 bits per heavy atom. The van der Waals surface area contributed by atoms with E-state index in [1.807, 2.05) is 6.08 Å². The van der Waals surface area contributed by atoms with E-state index in [0.717, 1.165) is 32.5 Å². The molecule has 1 heterocycles. The third-order valence-electron chi connectivity index (χ3n) is 4.87. The summed E-state index contributed by atoms with van der Waals surface area (Å²) in [6.45, 7) is 14.9. The van der Waals surface area contributed by atoms with Crippen molar-refractivity contribution in [1.29, 1.82) is 0 Å². The van der Waals surface area contributed by atoms with Crippen LogP contribution in [0, 0.1) is 17.3 Å². The van der Waals surface area contributed by atoms with Gasteiger partial charge in [-0.3, -0.25) is 0 Å². The minimum Gasteiger partial charge on any atom is -0.494 e. The Morgan fingerprint density at radius 2 is 2.00 bits per heavy atom. The number of allylic oxidation sites excluding steroid dienone is 2. The molecule has 0 radical (unpaired) electrons. The minimum atomic E-state index is -0.0640. The van der Waals surface area contributed by atoms with Crippen LogP contribution >= 0.6 is 0 Å². The quantitative estimate of drug-likeness (QED) is 0.612. The van der Waals surface area contributed by atoms with Crippen molar-refractivity contribution >= 4 is 0 Å². The summed E-state index contributed by atoms with van der Waals surface area (Å²) in [6, 6.07) is 0. The van der Waals surface area contributed by atoms with Crippen LogP contribution in [0.3, 0.4) is 0 Å². The van der Waals surface area contributed by atoms with Gasteiger partial charge in [0.05, 0.1) is 19.0 Å². The summed E-state index contributed by atoms with van der Waals surface area (Å²) >= 11 is 0. The Morgan fingerprint density at radius 3 is 2.61 bits per heavy atom. The van der Waals surface area contributed by atoms with E-state index in [9.17, 15) is 0 Å². The predicted octanol–water partition coefficient (Wildman–Crippen LogP) is 5.08. The topological polar surface area (TPSA) is 27.7 Å². The first-order valence-electron chi connectivity index (χ1n) is 9.12. The van der Waals surface area contributed by atoms with E-state index in [1.165, 1.54) is 24.2 Å². The third-order valence-corrected chi connectivity index (χ3v) is 4.87. The molecule has 1 aliphatic carbocycles. The second kappa shape index (κ2) is 8.34. The molecular weight excluding hydrogens is 288 g/mol. The van der Waals surface area contributed by atoms with Crippen molar-refractivity contribution in [2.24, 2.45) is 17.3 Å². The standard InChI is InChI=1S/C20H34O3/c1-6-12-21-18-9-7-8-16(15(2)3)17(18)10-11-19-22-13-20(4,5)14-23-19/h6,15-16,19H,1,7-14H2,2-5H3.